The molecule has 1 aromatic carbocycles. The Hall–Kier alpha value is -4.05. The Balaban J connectivity index is 1.38. The molecule has 0 amide bonds. The van der Waals surface area contributed by atoms with Gasteiger partial charge in [-0.3, -0.25) is 14.7 Å². The van der Waals surface area contributed by atoms with Crippen molar-refractivity contribution >= 4 is 22.4 Å². The predicted octanol–water partition coefficient (Wildman–Crippen LogP) is 4.02. The Morgan fingerprint density at radius 1 is 1.15 bits per heavy atom. The summed E-state index contributed by atoms with van der Waals surface area (Å²) in [6, 6.07) is 6.93. The molecule has 202 valence electrons. The van der Waals surface area contributed by atoms with E-state index in [2.05, 4.69) is 19.8 Å². The molecule has 4 aromatic rings. The highest BCUT2D eigenvalue weighted by molar-refractivity contribution is 5.86. The first-order chi connectivity index (χ1) is 18.9. The summed E-state index contributed by atoms with van der Waals surface area (Å²) in [7, 11) is 0. The molecule has 2 N–H and O–H groups in total. The molecule has 8 nitrogen and oxygen atoms in total. The summed E-state index contributed by atoms with van der Waals surface area (Å²) in [5.74, 6) is -1.85. The lowest BCUT2D eigenvalue weighted by Gasteiger charge is -2.40. The largest absolute Gasteiger partial charge is 0.486 e. The maximum absolute atomic E-state index is 14.5. The Kier molecular flexibility index (Phi) is 6.64. The summed E-state index contributed by atoms with van der Waals surface area (Å²) in [6.07, 6.45) is 9.14. The number of benzene rings is 1. The molecule has 3 aromatic heterocycles. The summed E-state index contributed by atoms with van der Waals surface area (Å²) in [5, 5.41) is 0.138. The normalized spacial score (nSPS) is 17.0. The summed E-state index contributed by atoms with van der Waals surface area (Å²) >= 11 is 0. The van der Waals surface area contributed by atoms with E-state index >= 15 is 0 Å². The van der Waals surface area contributed by atoms with Crippen molar-refractivity contribution < 1.29 is 13.5 Å². The molecule has 0 aliphatic carbocycles. The topological polar surface area (TPSA) is 89.5 Å². The van der Waals surface area contributed by atoms with Crippen LogP contribution in [0.3, 0.4) is 0 Å². The van der Waals surface area contributed by atoms with Crippen molar-refractivity contribution in [3.63, 3.8) is 0 Å². The lowest BCUT2D eigenvalue weighted by molar-refractivity contribution is 0.157. The molecule has 0 bridgehead atoms. The highest BCUT2D eigenvalue weighted by atomic mass is 19.2. The average molecular weight is 533 g/mol. The number of nitrogens with zero attached hydrogens (tertiary/aromatic N) is 5. The average Bonchev–Trinajstić information content (AvgIpc) is 2.95. The van der Waals surface area contributed by atoms with E-state index in [1.165, 1.54) is 0 Å². The van der Waals surface area contributed by atoms with Crippen LogP contribution in [0.25, 0.3) is 10.9 Å². The molecule has 10 heteroatoms. The van der Waals surface area contributed by atoms with Gasteiger partial charge < -0.3 is 19.9 Å². The standard InChI is InChI=1S/C29H30F2N6O2/c1-18-12-33-7-6-19(18)14-37(22-3-2-8-35(17-22)21-4-5-25(32)34-13-21)16-20-15-36-9-10-39-29-26(31)24(30)11-23(27(29)36)28(20)38/h4-7,11-13,15,22H,2-3,8-10,14,16-17H2,1H3,(H2,32,34). The molecular weight excluding hydrogens is 502 g/mol. The molecule has 39 heavy (non-hydrogen) atoms. The Labute approximate surface area is 224 Å². The summed E-state index contributed by atoms with van der Waals surface area (Å²) in [4.78, 5) is 26.8. The number of ether oxygens (including phenoxy) is 1. The van der Waals surface area contributed by atoms with E-state index in [-0.39, 0.29) is 29.2 Å². The van der Waals surface area contributed by atoms with Crippen LogP contribution in [0.15, 0.2) is 53.8 Å². The van der Waals surface area contributed by atoms with Gasteiger partial charge >= 0.3 is 0 Å². The number of piperidine rings is 1. The third-order valence-corrected chi connectivity index (χ3v) is 7.80. The number of anilines is 2. The number of rotatable bonds is 6. The van der Waals surface area contributed by atoms with Crippen LogP contribution in [-0.4, -0.2) is 45.2 Å². The second kappa shape index (κ2) is 10.3. The van der Waals surface area contributed by atoms with Crippen LogP contribution in [0.2, 0.25) is 0 Å². The molecule has 0 saturated carbocycles. The number of aromatic nitrogens is 3. The summed E-state index contributed by atoms with van der Waals surface area (Å²) in [6.45, 7) is 5.34. The number of nitrogens with two attached hydrogens (primary N) is 1. The van der Waals surface area contributed by atoms with Crippen LogP contribution in [0.4, 0.5) is 20.3 Å². The highest BCUT2D eigenvalue weighted by Gasteiger charge is 2.29. The fourth-order valence-electron chi connectivity index (χ4n) is 5.71. The first kappa shape index (κ1) is 25.2. The molecule has 5 heterocycles. The highest BCUT2D eigenvalue weighted by Crippen LogP contribution is 2.33. The van der Waals surface area contributed by atoms with Gasteiger partial charge in [-0.1, -0.05) is 0 Å². The van der Waals surface area contributed by atoms with E-state index in [0.717, 1.165) is 48.8 Å². The number of halogens is 2. The third-order valence-electron chi connectivity index (χ3n) is 7.80. The first-order valence-corrected chi connectivity index (χ1v) is 13.2. The van der Waals surface area contributed by atoms with E-state index in [1.54, 1.807) is 24.7 Å². The Morgan fingerprint density at radius 2 is 2.00 bits per heavy atom. The minimum atomic E-state index is -1.08. The quantitative estimate of drug-likeness (QED) is 0.401. The lowest BCUT2D eigenvalue weighted by Crippen LogP contribution is -2.48. The maximum Gasteiger partial charge on any atom is 0.202 e. The predicted molar refractivity (Wildman–Crippen MR) is 146 cm³/mol. The number of hydrogen-bond donors (Lipinski definition) is 1. The Bertz CT molecular complexity index is 1590. The molecular formula is C29H30F2N6O2. The van der Waals surface area contributed by atoms with E-state index < -0.39 is 11.6 Å². The maximum atomic E-state index is 14.5. The minimum Gasteiger partial charge on any atom is -0.486 e. The monoisotopic (exact) mass is 532 g/mol. The van der Waals surface area contributed by atoms with Crippen molar-refractivity contribution in [3.05, 3.63) is 87.6 Å². The lowest BCUT2D eigenvalue weighted by atomic mass is 10.0. The van der Waals surface area contributed by atoms with Crippen LogP contribution in [-0.2, 0) is 19.6 Å². The molecule has 0 radical (unpaired) electrons. The van der Waals surface area contributed by atoms with Gasteiger partial charge in [0.15, 0.2) is 17.0 Å². The molecule has 2 aliphatic rings. The smallest absolute Gasteiger partial charge is 0.202 e. The van der Waals surface area contributed by atoms with Gasteiger partial charge in [-0.05, 0) is 55.2 Å². The van der Waals surface area contributed by atoms with Gasteiger partial charge in [-0.15, -0.1) is 0 Å². The van der Waals surface area contributed by atoms with Gasteiger partial charge in [0.1, 0.15) is 12.4 Å². The van der Waals surface area contributed by atoms with Gasteiger partial charge in [0.25, 0.3) is 0 Å². The molecule has 1 atom stereocenters. The first-order valence-electron chi connectivity index (χ1n) is 13.2. The minimum absolute atomic E-state index is 0.138. The van der Waals surface area contributed by atoms with E-state index in [9.17, 15) is 13.6 Å². The summed E-state index contributed by atoms with van der Waals surface area (Å²) < 4.78 is 36.1. The molecule has 6 rings (SSSR count). The van der Waals surface area contributed by atoms with Crippen LogP contribution in [0, 0.1) is 18.6 Å². The van der Waals surface area contributed by atoms with E-state index in [4.69, 9.17) is 10.5 Å². The fraction of sp³-hybridized carbons (Fsp3) is 0.345. The van der Waals surface area contributed by atoms with E-state index in [1.807, 2.05) is 29.8 Å². The van der Waals surface area contributed by atoms with Crippen LogP contribution < -0.4 is 20.8 Å². The molecule has 0 spiro atoms. The number of hydrogen-bond acceptors (Lipinski definition) is 7. The summed E-state index contributed by atoms with van der Waals surface area (Å²) in [5.41, 5.74) is 9.55. The van der Waals surface area contributed by atoms with Crippen LogP contribution in [0.1, 0.15) is 29.5 Å². The van der Waals surface area contributed by atoms with Crippen molar-refractivity contribution in [2.75, 3.05) is 30.3 Å². The zero-order chi connectivity index (χ0) is 27.1. The van der Waals surface area contributed by atoms with Gasteiger partial charge in [0, 0.05) is 56.4 Å². The third kappa shape index (κ3) is 4.80. The van der Waals surface area contributed by atoms with Crippen molar-refractivity contribution in [3.8, 4) is 5.75 Å². The van der Waals surface area contributed by atoms with Crippen LogP contribution in [0.5, 0.6) is 5.75 Å². The van der Waals surface area contributed by atoms with Crippen molar-refractivity contribution in [2.45, 2.75) is 45.4 Å². The van der Waals surface area contributed by atoms with Crippen molar-refractivity contribution in [1.82, 2.24) is 19.4 Å². The second-order valence-corrected chi connectivity index (χ2v) is 10.3. The van der Waals surface area contributed by atoms with Gasteiger partial charge in [0.05, 0.1) is 29.3 Å². The number of nitrogen functional groups attached to an aromatic ring is 1. The van der Waals surface area contributed by atoms with E-state index in [0.29, 0.717) is 36.5 Å². The molecule has 1 unspecified atom stereocenters. The van der Waals surface area contributed by atoms with Crippen molar-refractivity contribution in [1.29, 1.82) is 0 Å². The fourth-order valence-corrected chi connectivity index (χ4v) is 5.71. The molecule has 2 aliphatic heterocycles. The Morgan fingerprint density at radius 3 is 2.79 bits per heavy atom. The van der Waals surface area contributed by atoms with Crippen LogP contribution >= 0.6 is 0 Å². The number of aryl methyl sites for hydroxylation is 1. The van der Waals surface area contributed by atoms with Crippen molar-refractivity contribution in [2.24, 2.45) is 0 Å². The zero-order valence-corrected chi connectivity index (χ0v) is 21.7. The molecule has 1 saturated heterocycles. The molecule has 1 fully saturated rings. The van der Waals surface area contributed by atoms with Gasteiger partial charge in [-0.25, -0.2) is 9.37 Å². The second-order valence-electron chi connectivity index (χ2n) is 10.3. The number of pyridine rings is 3. The zero-order valence-electron chi connectivity index (χ0n) is 21.7. The SMILES string of the molecule is Cc1cnccc1CN(Cc1cn2c3c(c(F)c(F)cc3c1=O)OCC2)C1CCCN(c2ccc(N)nc2)C1. The van der Waals surface area contributed by atoms with Gasteiger partial charge in [-0.2, -0.15) is 4.39 Å². The van der Waals surface area contributed by atoms with Gasteiger partial charge in [0.2, 0.25) is 5.82 Å².